The van der Waals surface area contributed by atoms with Crippen LogP contribution in [0.2, 0.25) is 0 Å². The fourth-order valence-corrected chi connectivity index (χ4v) is 3.02. The van der Waals surface area contributed by atoms with Gasteiger partial charge in [0, 0.05) is 18.6 Å². The predicted molar refractivity (Wildman–Crippen MR) is 73.4 cm³/mol. The average molecular weight is 253 g/mol. The molecule has 3 heterocycles. The monoisotopic (exact) mass is 253 g/mol. The highest BCUT2D eigenvalue weighted by atomic mass is 16.2. The van der Waals surface area contributed by atoms with E-state index in [0.29, 0.717) is 6.04 Å². The fraction of sp³-hybridized carbons (Fsp3) is 0.929. The van der Waals surface area contributed by atoms with Gasteiger partial charge in [0.15, 0.2) is 0 Å². The van der Waals surface area contributed by atoms with Crippen molar-refractivity contribution in [1.82, 2.24) is 15.5 Å². The molecule has 104 valence electrons. The van der Waals surface area contributed by atoms with Gasteiger partial charge in [0.05, 0.1) is 6.04 Å². The molecule has 18 heavy (non-hydrogen) atoms. The Bertz CT molecular complexity index is 287. The molecule has 0 aliphatic carbocycles. The molecule has 3 aliphatic heterocycles. The number of nitrogens with one attached hydrogen (secondary N) is 2. The average Bonchev–Trinajstić information content (AvgIpc) is 2.39. The first-order valence-electron chi connectivity index (χ1n) is 7.39. The van der Waals surface area contributed by atoms with Crippen LogP contribution in [0.15, 0.2) is 0 Å². The van der Waals surface area contributed by atoms with Crippen LogP contribution in [0.3, 0.4) is 0 Å². The van der Waals surface area contributed by atoms with Crippen LogP contribution in [0.5, 0.6) is 0 Å². The van der Waals surface area contributed by atoms with E-state index in [9.17, 15) is 4.79 Å². The normalized spacial score (nSPS) is 34.1. The summed E-state index contributed by atoms with van der Waals surface area (Å²) in [4.78, 5) is 14.5. The van der Waals surface area contributed by atoms with Crippen molar-refractivity contribution in [2.24, 2.45) is 5.92 Å². The highest BCUT2D eigenvalue weighted by molar-refractivity contribution is 5.81. The molecule has 0 aromatic heterocycles. The van der Waals surface area contributed by atoms with E-state index in [1.165, 1.54) is 25.9 Å². The number of hydrogen-bond acceptors (Lipinski definition) is 3. The second-order valence-electron chi connectivity index (χ2n) is 5.95. The van der Waals surface area contributed by atoms with Gasteiger partial charge >= 0.3 is 0 Å². The summed E-state index contributed by atoms with van der Waals surface area (Å²) in [5.41, 5.74) is 0. The van der Waals surface area contributed by atoms with Crippen molar-refractivity contribution in [1.29, 1.82) is 0 Å². The molecule has 3 aliphatic rings. The molecule has 2 N–H and O–H groups in total. The van der Waals surface area contributed by atoms with Crippen LogP contribution in [0, 0.1) is 5.92 Å². The molecule has 0 aromatic rings. The molecule has 0 spiro atoms. The Kier molecular flexibility index (Phi) is 4.62. The summed E-state index contributed by atoms with van der Waals surface area (Å²) in [7, 11) is 0. The number of piperidine rings is 3. The molecule has 0 saturated carbocycles. The standard InChI is InChI=1S/C14H27N3O/c1-4-10(2)15-14(18)11(3)16-13-9-17-7-5-12(13)6-8-17/h10-13,16H,4-9H2,1-3H3,(H,15,18). The van der Waals surface area contributed by atoms with Crippen molar-refractivity contribution in [2.75, 3.05) is 19.6 Å². The summed E-state index contributed by atoms with van der Waals surface area (Å²) in [6.45, 7) is 9.74. The van der Waals surface area contributed by atoms with Crippen LogP contribution >= 0.6 is 0 Å². The number of carbonyl (C=O) groups excluding carboxylic acids is 1. The summed E-state index contributed by atoms with van der Waals surface area (Å²) < 4.78 is 0. The molecular formula is C14H27N3O. The van der Waals surface area contributed by atoms with Crippen LogP contribution in [0.25, 0.3) is 0 Å². The molecule has 4 nitrogen and oxygen atoms in total. The first-order valence-corrected chi connectivity index (χ1v) is 7.39. The van der Waals surface area contributed by atoms with Gasteiger partial charge in [-0.1, -0.05) is 6.92 Å². The summed E-state index contributed by atoms with van der Waals surface area (Å²) in [6, 6.07) is 0.697. The van der Waals surface area contributed by atoms with Crippen molar-refractivity contribution in [2.45, 2.75) is 58.2 Å². The molecule has 0 radical (unpaired) electrons. The maximum Gasteiger partial charge on any atom is 0.237 e. The molecular weight excluding hydrogens is 226 g/mol. The maximum atomic E-state index is 12.0. The SMILES string of the molecule is CCC(C)NC(=O)C(C)NC1CN2CCC1CC2. The van der Waals surface area contributed by atoms with E-state index in [1.807, 2.05) is 6.92 Å². The lowest BCUT2D eigenvalue weighted by Crippen LogP contribution is -2.60. The van der Waals surface area contributed by atoms with E-state index in [2.05, 4.69) is 29.4 Å². The first kappa shape index (κ1) is 13.8. The zero-order chi connectivity index (χ0) is 13.1. The Balaban J connectivity index is 1.80. The van der Waals surface area contributed by atoms with Crippen molar-refractivity contribution < 1.29 is 4.79 Å². The van der Waals surface area contributed by atoms with Gasteiger partial charge in [-0.15, -0.1) is 0 Å². The molecule has 1 amide bonds. The second kappa shape index (κ2) is 6.02. The molecule has 3 saturated heterocycles. The minimum absolute atomic E-state index is 0.0791. The summed E-state index contributed by atoms with van der Waals surface area (Å²) in [6.07, 6.45) is 3.56. The highest BCUT2D eigenvalue weighted by Gasteiger charge is 2.35. The molecule has 0 aromatic carbocycles. The quantitative estimate of drug-likeness (QED) is 0.767. The van der Waals surface area contributed by atoms with E-state index in [0.717, 1.165) is 18.9 Å². The van der Waals surface area contributed by atoms with Gasteiger partial charge in [-0.25, -0.2) is 0 Å². The summed E-state index contributed by atoms with van der Waals surface area (Å²) in [5.74, 6) is 0.912. The van der Waals surface area contributed by atoms with E-state index >= 15 is 0 Å². The fourth-order valence-electron chi connectivity index (χ4n) is 3.02. The van der Waals surface area contributed by atoms with Gasteiger partial charge in [-0.3, -0.25) is 4.79 Å². The largest absolute Gasteiger partial charge is 0.352 e. The van der Waals surface area contributed by atoms with Crippen LogP contribution in [0.1, 0.15) is 40.0 Å². The van der Waals surface area contributed by atoms with Gasteiger partial charge in [-0.05, 0) is 52.1 Å². The zero-order valence-corrected chi connectivity index (χ0v) is 11.9. The molecule has 3 fully saturated rings. The number of fused-ring (bicyclic) bond motifs is 3. The Morgan fingerprint density at radius 2 is 2.00 bits per heavy atom. The van der Waals surface area contributed by atoms with Crippen molar-refractivity contribution in [3.63, 3.8) is 0 Å². The molecule has 2 bridgehead atoms. The molecule has 4 heteroatoms. The third-order valence-electron chi connectivity index (χ3n) is 4.51. The Morgan fingerprint density at radius 3 is 2.50 bits per heavy atom. The number of hydrogen-bond donors (Lipinski definition) is 2. The molecule has 3 unspecified atom stereocenters. The van der Waals surface area contributed by atoms with Gasteiger partial charge in [0.1, 0.15) is 0 Å². The van der Waals surface area contributed by atoms with Crippen LogP contribution in [-0.2, 0) is 4.79 Å². The Morgan fingerprint density at radius 1 is 1.33 bits per heavy atom. The zero-order valence-electron chi connectivity index (χ0n) is 11.9. The van der Waals surface area contributed by atoms with Crippen molar-refractivity contribution >= 4 is 5.91 Å². The van der Waals surface area contributed by atoms with Gasteiger partial charge < -0.3 is 15.5 Å². The summed E-state index contributed by atoms with van der Waals surface area (Å²) in [5, 5.41) is 6.57. The van der Waals surface area contributed by atoms with Crippen molar-refractivity contribution in [3.05, 3.63) is 0 Å². The van der Waals surface area contributed by atoms with E-state index < -0.39 is 0 Å². The minimum Gasteiger partial charge on any atom is -0.352 e. The number of rotatable bonds is 5. The van der Waals surface area contributed by atoms with E-state index in [-0.39, 0.29) is 18.0 Å². The van der Waals surface area contributed by atoms with Crippen LogP contribution < -0.4 is 10.6 Å². The van der Waals surface area contributed by atoms with E-state index in [4.69, 9.17) is 0 Å². The van der Waals surface area contributed by atoms with Gasteiger partial charge in [0.2, 0.25) is 5.91 Å². The number of nitrogens with zero attached hydrogens (tertiary/aromatic N) is 1. The lowest BCUT2D eigenvalue weighted by molar-refractivity contribution is -0.124. The van der Waals surface area contributed by atoms with Gasteiger partial charge in [0.25, 0.3) is 0 Å². The van der Waals surface area contributed by atoms with Crippen molar-refractivity contribution in [3.8, 4) is 0 Å². The van der Waals surface area contributed by atoms with Crippen LogP contribution in [-0.4, -0.2) is 48.6 Å². The maximum absolute atomic E-state index is 12.0. The minimum atomic E-state index is -0.0791. The number of carbonyl (C=O) groups is 1. The molecule has 3 atom stereocenters. The Labute approximate surface area is 110 Å². The highest BCUT2D eigenvalue weighted by Crippen LogP contribution is 2.27. The topological polar surface area (TPSA) is 44.4 Å². The lowest BCUT2D eigenvalue weighted by Gasteiger charge is -2.45. The summed E-state index contributed by atoms with van der Waals surface area (Å²) >= 11 is 0. The molecule has 3 rings (SSSR count). The third kappa shape index (κ3) is 3.23. The number of amides is 1. The van der Waals surface area contributed by atoms with E-state index in [1.54, 1.807) is 0 Å². The third-order valence-corrected chi connectivity index (χ3v) is 4.51. The first-order chi connectivity index (χ1) is 8.60. The second-order valence-corrected chi connectivity index (χ2v) is 5.95. The Hall–Kier alpha value is -0.610. The van der Waals surface area contributed by atoms with Crippen LogP contribution in [0.4, 0.5) is 0 Å². The van der Waals surface area contributed by atoms with Gasteiger partial charge in [-0.2, -0.15) is 0 Å². The smallest absolute Gasteiger partial charge is 0.237 e. The predicted octanol–water partition coefficient (Wildman–Crippen LogP) is 0.973. The lowest BCUT2D eigenvalue weighted by atomic mass is 9.83.